The Morgan fingerprint density at radius 1 is 0.560 bits per heavy atom. The van der Waals surface area contributed by atoms with E-state index in [4.69, 9.17) is 22.9 Å². The number of nitrogen functional groups attached to an aromatic ring is 4. The van der Waals surface area contributed by atoms with Crippen LogP contribution >= 0.6 is 11.7 Å². The van der Waals surface area contributed by atoms with Gasteiger partial charge in [0.25, 0.3) is 0 Å². The molecule has 8 N–H and O–H groups in total. The van der Waals surface area contributed by atoms with E-state index in [-0.39, 0.29) is 0 Å². The van der Waals surface area contributed by atoms with Crippen LogP contribution in [0, 0.1) is 0 Å². The fraction of sp³-hybridized carbons (Fsp3) is 0. The molecule has 7 heteroatoms. The van der Waals surface area contributed by atoms with Crippen molar-refractivity contribution in [2.75, 3.05) is 22.9 Å². The molecular formula is C18H16N6S. The van der Waals surface area contributed by atoms with Crippen LogP contribution in [0.2, 0.25) is 0 Å². The molecule has 1 aromatic heterocycles. The Morgan fingerprint density at radius 3 is 1.28 bits per heavy atom. The third kappa shape index (κ3) is 2.41. The van der Waals surface area contributed by atoms with E-state index in [9.17, 15) is 0 Å². The summed E-state index contributed by atoms with van der Waals surface area (Å²) in [7, 11) is 0. The van der Waals surface area contributed by atoms with Gasteiger partial charge in [0.15, 0.2) is 0 Å². The van der Waals surface area contributed by atoms with E-state index >= 15 is 0 Å². The molecule has 0 bridgehead atoms. The number of hydrogen-bond donors (Lipinski definition) is 4. The van der Waals surface area contributed by atoms with Crippen molar-refractivity contribution >= 4 is 45.5 Å². The molecule has 0 aliphatic heterocycles. The number of aromatic nitrogens is 2. The average molecular weight is 348 g/mol. The lowest BCUT2D eigenvalue weighted by molar-refractivity contribution is 1.57. The summed E-state index contributed by atoms with van der Waals surface area (Å²) in [6, 6.07) is 14.9. The summed E-state index contributed by atoms with van der Waals surface area (Å²) in [5, 5.41) is 0. The van der Waals surface area contributed by atoms with Crippen LogP contribution in [0.3, 0.4) is 0 Å². The molecule has 0 amide bonds. The first-order chi connectivity index (χ1) is 12.1. The standard InChI is InChI=1S/C18H16N6S/c19-11-5-1-9(2-6-11)13-15(21)16(22)14(18-17(13)23-25-24-18)10-3-7-12(20)8-4-10/h1-8H,19-22H2. The second kappa shape index (κ2) is 5.64. The van der Waals surface area contributed by atoms with Gasteiger partial charge in [-0.3, -0.25) is 0 Å². The van der Waals surface area contributed by atoms with E-state index in [1.807, 2.05) is 48.5 Å². The largest absolute Gasteiger partial charge is 0.399 e. The van der Waals surface area contributed by atoms with E-state index in [1.165, 1.54) is 0 Å². The summed E-state index contributed by atoms with van der Waals surface area (Å²) in [4.78, 5) is 0. The van der Waals surface area contributed by atoms with E-state index < -0.39 is 0 Å². The molecule has 6 nitrogen and oxygen atoms in total. The Morgan fingerprint density at radius 2 is 0.920 bits per heavy atom. The number of fused-ring (bicyclic) bond motifs is 1. The molecule has 0 saturated heterocycles. The van der Waals surface area contributed by atoms with Crippen LogP contribution in [0.25, 0.3) is 33.3 Å². The predicted octanol–water partition coefficient (Wildman–Crippen LogP) is 3.35. The van der Waals surface area contributed by atoms with Gasteiger partial charge in [0.1, 0.15) is 11.0 Å². The summed E-state index contributed by atoms with van der Waals surface area (Å²) in [6.45, 7) is 0. The maximum absolute atomic E-state index is 6.40. The van der Waals surface area contributed by atoms with Gasteiger partial charge in [-0.1, -0.05) is 24.3 Å². The van der Waals surface area contributed by atoms with Crippen LogP contribution in [0.1, 0.15) is 0 Å². The van der Waals surface area contributed by atoms with Gasteiger partial charge >= 0.3 is 0 Å². The highest BCUT2D eigenvalue weighted by molar-refractivity contribution is 7.00. The van der Waals surface area contributed by atoms with E-state index in [1.54, 1.807) is 0 Å². The quantitative estimate of drug-likeness (QED) is 0.411. The van der Waals surface area contributed by atoms with E-state index in [2.05, 4.69) is 8.75 Å². The third-order valence-electron chi connectivity index (χ3n) is 4.19. The third-order valence-corrected chi connectivity index (χ3v) is 4.72. The molecule has 4 aromatic rings. The number of rotatable bonds is 2. The molecular weight excluding hydrogens is 332 g/mol. The summed E-state index contributed by atoms with van der Waals surface area (Å²) < 4.78 is 8.92. The molecule has 4 rings (SSSR count). The molecule has 3 aromatic carbocycles. The zero-order chi connectivity index (χ0) is 17.6. The zero-order valence-corrected chi connectivity index (χ0v) is 14.0. The molecule has 0 unspecified atom stereocenters. The first-order valence-electron chi connectivity index (χ1n) is 7.61. The smallest absolute Gasteiger partial charge is 0.115 e. The lowest BCUT2D eigenvalue weighted by atomic mass is 9.94. The minimum atomic E-state index is 0.483. The van der Waals surface area contributed by atoms with Crippen LogP contribution in [-0.2, 0) is 0 Å². The van der Waals surface area contributed by atoms with Crippen LogP contribution in [0.15, 0.2) is 48.5 Å². The summed E-state index contributed by atoms with van der Waals surface area (Å²) >= 11 is 1.13. The Kier molecular flexibility index (Phi) is 3.43. The van der Waals surface area contributed by atoms with Crippen molar-refractivity contribution in [3.05, 3.63) is 48.5 Å². The molecule has 0 aliphatic carbocycles. The molecule has 124 valence electrons. The Hall–Kier alpha value is -3.32. The van der Waals surface area contributed by atoms with Crippen molar-refractivity contribution in [2.45, 2.75) is 0 Å². The lowest BCUT2D eigenvalue weighted by Crippen LogP contribution is -2.02. The number of nitrogens with two attached hydrogens (primary N) is 4. The summed E-state index contributed by atoms with van der Waals surface area (Å²) in [6.07, 6.45) is 0. The normalized spacial score (nSPS) is 11.0. The number of benzene rings is 3. The van der Waals surface area contributed by atoms with Gasteiger partial charge < -0.3 is 22.9 Å². The number of nitrogens with zero attached hydrogens (tertiary/aromatic N) is 2. The van der Waals surface area contributed by atoms with Crippen LogP contribution in [0.5, 0.6) is 0 Å². The fourth-order valence-corrected chi connectivity index (χ4v) is 3.48. The molecule has 0 aliphatic rings. The zero-order valence-electron chi connectivity index (χ0n) is 13.2. The van der Waals surface area contributed by atoms with Crippen molar-refractivity contribution in [3.8, 4) is 22.3 Å². The van der Waals surface area contributed by atoms with Crippen LogP contribution in [-0.4, -0.2) is 8.75 Å². The second-order valence-corrected chi connectivity index (χ2v) is 6.31. The van der Waals surface area contributed by atoms with Crippen LogP contribution in [0.4, 0.5) is 22.7 Å². The molecule has 0 atom stereocenters. The maximum atomic E-state index is 6.40. The summed E-state index contributed by atoms with van der Waals surface area (Å²) in [5.74, 6) is 0. The van der Waals surface area contributed by atoms with Crippen molar-refractivity contribution in [1.29, 1.82) is 0 Å². The van der Waals surface area contributed by atoms with E-state index in [0.717, 1.165) is 45.0 Å². The Labute approximate surface area is 148 Å². The number of anilines is 4. The Balaban J connectivity index is 2.04. The molecule has 25 heavy (non-hydrogen) atoms. The monoisotopic (exact) mass is 348 g/mol. The van der Waals surface area contributed by atoms with Gasteiger partial charge in [-0.2, -0.15) is 8.75 Å². The predicted molar refractivity (Wildman–Crippen MR) is 106 cm³/mol. The molecule has 0 radical (unpaired) electrons. The van der Waals surface area contributed by atoms with Gasteiger partial charge in [0.2, 0.25) is 0 Å². The molecule has 1 heterocycles. The summed E-state index contributed by atoms with van der Waals surface area (Å²) in [5.41, 5.74) is 31.5. The maximum Gasteiger partial charge on any atom is 0.115 e. The number of hydrogen-bond acceptors (Lipinski definition) is 7. The topological polar surface area (TPSA) is 130 Å². The van der Waals surface area contributed by atoms with Gasteiger partial charge in [0.05, 0.1) is 23.1 Å². The first kappa shape index (κ1) is 15.2. The van der Waals surface area contributed by atoms with Crippen molar-refractivity contribution in [2.24, 2.45) is 0 Å². The molecule has 0 saturated carbocycles. The highest BCUT2D eigenvalue weighted by Gasteiger charge is 2.21. The van der Waals surface area contributed by atoms with Gasteiger partial charge in [-0.15, -0.1) is 0 Å². The van der Waals surface area contributed by atoms with Crippen molar-refractivity contribution < 1.29 is 0 Å². The average Bonchev–Trinajstić information content (AvgIpc) is 3.07. The van der Waals surface area contributed by atoms with Crippen LogP contribution < -0.4 is 22.9 Å². The van der Waals surface area contributed by atoms with Gasteiger partial charge in [0, 0.05) is 22.5 Å². The minimum absolute atomic E-state index is 0.483. The highest BCUT2D eigenvalue weighted by Crippen LogP contribution is 2.44. The second-order valence-electron chi connectivity index (χ2n) is 5.78. The Bertz CT molecular complexity index is 982. The minimum Gasteiger partial charge on any atom is -0.399 e. The fourth-order valence-electron chi connectivity index (χ4n) is 2.93. The molecule has 0 fully saturated rings. The van der Waals surface area contributed by atoms with Gasteiger partial charge in [-0.05, 0) is 35.4 Å². The SMILES string of the molecule is Nc1ccc(-c2c(N)c(N)c(-c3ccc(N)cc3)c3nsnc23)cc1. The lowest BCUT2D eigenvalue weighted by Gasteiger charge is -2.15. The van der Waals surface area contributed by atoms with Crippen molar-refractivity contribution in [3.63, 3.8) is 0 Å². The van der Waals surface area contributed by atoms with E-state index in [0.29, 0.717) is 22.7 Å². The highest BCUT2D eigenvalue weighted by atomic mass is 32.1. The van der Waals surface area contributed by atoms with Gasteiger partial charge in [-0.25, -0.2) is 0 Å². The molecule has 0 spiro atoms. The van der Waals surface area contributed by atoms with Crippen molar-refractivity contribution in [1.82, 2.24) is 8.75 Å². The first-order valence-corrected chi connectivity index (χ1v) is 8.34.